The SMILES string of the molecule is Cc1noc(C)c1CO[C@@H]1COCC[C@H]1NC(=O)CCc1csc(N)n1. The van der Waals surface area contributed by atoms with Crippen LogP contribution in [0.4, 0.5) is 5.13 Å². The molecule has 26 heavy (non-hydrogen) atoms. The third kappa shape index (κ3) is 4.80. The Labute approximate surface area is 156 Å². The van der Waals surface area contributed by atoms with Crippen molar-refractivity contribution in [2.24, 2.45) is 0 Å². The number of nitrogens with one attached hydrogen (secondary N) is 1. The average molecular weight is 380 g/mol. The highest BCUT2D eigenvalue weighted by molar-refractivity contribution is 7.13. The molecule has 1 aliphatic rings. The monoisotopic (exact) mass is 380 g/mol. The van der Waals surface area contributed by atoms with Gasteiger partial charge in [0.1, 0.15) is 11.9 Å². The second kappa shape index (κ2) is 8.61. The first kappa shape index (κ1) is 18.8. The summed E-state index contributed by atoms with van der Waals surface area (Å²) < 4.78 is 16.7. The zero-order valence-corrected chi connectivity index (χ0v) is 15.8. The first-order valence-corrected chi connectivity index (χ1v) is 9.51. The van der Waals surface area contributed by atoms with E-state index in [0.717, 1.165) is 29.1 Å². The van der Waals surface area contributed by atoms with Crippen molar-refractivity contribution < 1.29 is 18.8 Å². The van der Waals surface area contributed by atoms with Crippen LogP contribution in [0.1, 0.15) is 35.6 Å². The maximum atomic E-state index is 12.3. The van der Waals surface area contributed by atoms with E-state index in [1.54, 1.807) is 0 Å². The van der Waals surface area contributed by atoms with E-state index in [1.165, 1.54) is 11.3 Å². The van der Waals surface area contributed by atoms with Crippen LogP contribution in [-0.4, -0.2) is 41.4 Å². The number of hydrogen-bond acceptors (Lipinski definition) is 8. The molecule has 2 atom stereocenters. The van der Waals surface area contributed by atoms with Gasteiger partial charge in [-0.15, -0.1) is 11.3 Å². The van der Waals surface area contributed by atoms with Crippen molar-refractivity contribution in [3.8, 4) is 0 Å². The van der Waals surface area contributed by atoms with Gasteiger partial charge in [-0.3, -0.25) is 4.79 Å². The average Bonchev–Trinajstić information content (AvgIpc) is 3.18. The maximum Gasteiger partial charge on any atom is 0.220 e. The summed E-state index contributed by atoms with van der Waals surface area (Å²) >= 11 is 1.39. The molecule has 9 heteroatoms. The summed E-state index contributed by atoms with van der Waals surface area (Å²) in [6.45, 7) is 5.20. The molecular weight excluding hydrogens is 356 g/mol. The number of aryl methyl sites for hydroxylation is 3. The van der Waals surface area contributed by atoms with Gasteiger partial charge in [0.15, 0.2) is 5.13 Å². The molecule has 1 aliphatic heterocycles. The van der Waals surface area contributed by atoms with Crippen LogP contribution in [0, 0.1) is 13.8 Å². The van der Waals surface area contributed by atoms with Gasteiger partial charge in [0, 0.05) is 24.0 Å². The zero-order valence-electron chi connectivity index (χ0n) is 15.0. The van der Waals surface area contributed by atoms with E-state index in [1.807, 2.05) is 19.2 Å². The predicted octanol–water partition coefficient (Wildman–Crippen LogP) is 1.75. The van der Waals surface area contributed by atoms with E-state index in [-0.39, 0.29) is 18.1 Å². The highest BCUT2D eigenvalue weighted by Crippen LogP contribution is 2.18. The van der Waals surface area contributed by atoms with Crippen molar-refractivity contribution in [2.45, 2.75) is 51.9 Å². The molecule has 0 radical (unpaired) electrons. The molecule has 0 unspecified atom stereocenters. The lowest BCUT2D eigenvalue weighted by Crippen LogP contribution is -2.50. The number of nitrogen functional groups attached to an aromatic ring is 1. The minimum absolute atomic E-state index is 0.0191. The Morgan fingerprint density at radius 2 is 2.35 bits per heavy atom. The molecule has 1 fully saturated rings. The molecule has 0 spiro atoms. The Kier molecular flexibility index (Phi) is 6.23. The normalized spacial score (nSPS) is 20.2. The fourth-order valence-electron chi connectivity index (χ4n) is 2.90. The second-order valence-corrected chi connectivity index (χ2v) is 7.26. The van der Waals surface area contributed by atoms with Gasteiger partial charge in [-0.2, -0.15) is 0 Å². The highest BCUT2D eigenvalue weighted by atomic mass is 32.1. The summed E-state index contributed by atoms with van der Waals surface area (Å²) in [7, 11) is 0. The van der Waals surface area contributed by atoms with Crippen molar-refractivity contribution in [3.05, 3.63) is 28.1 Å². The smallest absolute Gasteiger partial charge is 0.220 e. The second-order valence-electron chi connectivity index (χ2n) is 6.37. The summed E-state index contributed by atoms with van der Waals surface area (Å²) in [4.78, 5) is 16.5. The van der Waals surface area contributed by atoms with Crippen molar-refractivity contribution in [1.82, 2.24) is 15.5 Å². The number of nitrogens with zero attached hydrogens (tertiary/aromatic N) is 2. The topological polar surface area (TPSA) is 112 Å². The number of thiazole rings is 1. The number of anilines is 1. The molecule has 0 saturated carbocycles. The zero-order chi connectivity index (χ0) is 18.5. The number of ether oxygens (including phenoxy) is 2. The number of carbonyl (C=O) groups excluding carboxylic acids is 1. The van der Waals surface area contributed by atoms with E-state index in [0.29, 0.717) is 37.8 Å². The van der Waals surface area contributed by atoms with Gasteiger partial charge < -0.3 is 25.0 Å². The van der Waals surface area contributed by atoms with Crippen molar-refractivity contribution in [1.29, 1.82) is 0 Å². The van der Waals surface area contributed by atoms with Crippen LogP contribution in [0.2, 0.25) is 0 Å². The predicted molar refractivity (Wildman–Crippen MR) is 96.8 cm³/mol. The minimum atomic E-state index is -0.198. The van der Waals surface area contributed by atoms with Gasteiger partial charge >= 0.3 is 0 Å². The standard InChI is InChI=1S/C17H24N4O4S/c1-10-13(11(2)25-21-10)7-24-15-8-23-6-5-14(15)20-16(22)4-3-12-9-26-17(18)19-12/h9,14-15H,3-8H2,1-2H3,(H2,18,19)(H,20,22)/t14-,15-/m1/s1. The molecule has 3 rings (SSSR count). The van der Waals surface area contributed by atoms with Gasteiger partial charge in [0.25, 0.3) is 0 Å². The molecule has 3 N–H and O–H groups in total. The lowest BCUT2D eigenvalue weighted by atomic mass is 10.1. The number of carbonyl (C=O) groups is 1. The summed E-state index contributed by atoms with van der Waals surface area (Å²) in [5.41, 5.74) is 8.23. The molecule has 1 amide bonds. The third-order valence-corrected chi connectivity index (χ3v) is 5.17. The number of rotatable bonds is 7. The van der Waals surface area contributed by atoms with Crippen molar-refractivity contribution in [3.63, 3.8) is 0 Å². The minimum Gasteiger partial charge on any atom is -0.379 e. The van der Waals surface area contributed by atoms with Crippen molar-refractivity contribution in [2.75, 3.05) is 18.9 Å². The quantitative estimate of drug-likeness (QED) is 0.752. The molecule has 2 aromatic rings. The first-order valence-electron chi connectivity index (χ1n) is 8.63. The van der Waals surface area contributed by atoms with E-state index < -0.39 is 0 Å². The van der Waals surface area contributed by atoms with Crippen LogP contribution in [0.15, 0.2) is 9.90 Å². The third-order valence-electron chi connectivity index (χ3n) is 4.45. The van der Waals surface area contributed by atoms with Gasteiger partial charge in [-0.25, -0.2) is 4.98 Å². The van der Waals surface area contributed by atoms with Crippen LogP contribution in [0.3, 0.4) is 0 Å². The van der Waals surface area contributed by atoms with E-state index in [2.05, 4.69) is 15.5 Å². The number of amides is 1. The van der Waals surface area contributed by atoms with Gasteiger partial charge in [0.2, 0.25) is 5.91 Å². The fourth-order valence-corrected chi connectivity index (χ4v) is 3.49. The van der Waals surface area contributed by atoms with Crippen LogP contribution < -0.4 is 11.1 Å². The molecular formula is C17H24N4O4S. The Morgan fingerprint density at radius 1 is 1.50 bits per heavy atom. The van der Waals surface area contributed by atoms with Gasteiger partial charge in [0.05, 0.1) is 30.6 Å². The molecule has 3 heterocycles. The summed E-state index contributed by atoms with van der Waals surface area (Å²) in [5, 5.41) is 9.41. The summed E-state index contributed by atoms with van der Waals surface area (Å²) in [5.74, 6) is 0.733. The number of nitrogens with two attached hydrogens (primary N) is 1. The Bertz CT molecular complexity index is 725. The Morgan fingerprint density at radius 3 is 3.04 bits per heavy atom. The van der Waals surface area contributed by atoms with Gasteiger partial charge in [-0.1, -0.05) is 5.16 Å². The largest absolute Gasteiger partial charge is 0.379 e. The molecule has 0 aliphatic carbocycles. The molecule has 1 saturated heterocycles. The van der Waals surface area contributed by atoms with E-state index in [4.69, 9.17) is 19.7 Å². The Balaban J connectivity index is 1.50. The number of hydrogen-bond donors (Lipinski definition) is 2. The number of aromatic nitrogens is 2. The Hall–Kier alpha value is -1.97. The van der Waals surface area contributed by atoms with Crippen LogP contribution in [0.5, 0.6) is 0 Å². The molecule has 0 bridgehead atoms. The lowest BCUT2D eigenvalue weighted by Gasteiger charge is -2.32. The maximum absolute atomic E-state index is 12.3. The van der Waals surface area contributed by atoms with Crippen LogP contribution >= 0.6 is 11.3 Å². The lowest BCUT2D eigenvalue weighted by molar-refractivity contribution is -0.126. The summed E-state index contributed by atoms with van der Waals surface area (Å²) in [6.07, 6.45) is 1.47. The van der Waals surface area contributed by atoms with Crippen LogP contribution in [0.25, 0.3) is 0 Å². The molecule has 8 nitrogen and oxygen atoms in total. The summed E-state index contributed by atoms with van der Waals surface area (Å²) in [6, 6.07) is -0.0720. The van der Waals surface area contributed by atoms with Crippen molar-refractivity contribution >= 4 is 22.4 Å². The molecule has 0 aromatic carbocycles. The van der Waals surface area contributed by atoms with Crippen LogP contribution in [-0.2, 0) is 27.3 Å². The van der Waals surface area contributed by atoms with E-state index in [9.17, 15) is 4.79 Å². The molecule has 142 valence electrons. The molecule has 2 aromatic heterocycles. The van der Waals surface area contributed by atoms with Gasteiger partial charge in [-0.05, 0) is 26.7 Å². The first-order chi connectivity index (χ1) is 12.5. The fraction of sp³-hybridized carbons (Fsp3) is 0.588. The highest BCUT2D eigenvalue weighted by Gasteiger charge is 2.28. The van der Waals surface area contributed by atoms with E-state index >= 15 is 0 Å².